The molecule has 0 aliphatic carbocycles. The number of carbonyl (C=O) groups is 2. The molecule has 1 N–H and O–H groups in total. The van der Waals surface area contributed by atoms with Crippen LogP contribution in [0.3, 0.4) is 0 Å². The van der Waals surface area contributed by atoms with Gasteiger partial charge in [-0.3, -0.25) is 10.1 Å². The zero-order chi connectivity index (χ0) is 10.5. The Morgan fingerprint density at radius 3 is 2.46 bits per heavy atom. The monoisotopic (exact) mass is 187 g/mol. The van der Waals surface area contributed by atoms with Crippen molar-refractivity contribution in [3.05, 3.63) is 0 Å². The molecule has 0 aromatic heterocycles. The van der Waals surface area contributed by atoms with Gasteiger partial charge in [0.1, 0.15) is 17.9 Å². The van der Waals surface area contributed by atoms with Crippen molar-refractivity contribution in [3.8, 4) is 0 Å². The summed E-state index contributed by atoms with van der Waals surface area (Å²) in [4.78, 5) is 21.3. The number of hydrogen-bond acceptors (Lipinski definition) is 4. The lowest BCUT2D eigenvalue weighted by molar-refractivity contribution is -0.156. The van der Waals surface area contributed by atoms with Crippen LogP contribution in [-0.4, -0.2) is 30.4 Å². The summed E-state index contributed by atoms with van der Waals surface area (Å²) in [5.41, 5.74) is -0.478. The number of hydrogen-bond donors (Lipinski definition) is 1. The number of aldehydes is 1. The maximum absolute atomic E-state index is 11.3. The molecule has 0 bridgehead atoms. The minimum atomic E-state index is -0.478. The van der Waals surface area contributed by atoms with Gasteiger partial charge in [0.05, 0.1) is 6.54 Å². The Morgan fingerprint density at radius 1 is 1.54 bits per heavy atom. The number of nitrogens with one attached hydrogen (secondary N) is 1. The van der Waals surface area contributed by atoms with Crippen LogP contribution in [0.25, 0.3) is 0 Å². The normalized spacial score (nSPS) is 13.5. The van der Waals surface area contributed by atoms with Crippen LogP contribution >= 0.6 is 0 Å². The highest BCUT2D eigenvalue weighted by atomic mass is 16.6. The summed E-state index contributed by atoms with van der Waals surface area (Å²) in [6, 6.07) is -0.440. The second-order valence-electron chi connectivity index (χ2n) is 3.83. The average molecular weight is 187 g/mol. The molecule has 1 unspecified atom stereocenters. The van der Waals surface area contributed by atoms with Crippen molar-refractivity contribution < 1.29 is 14.3 Å². The molecule has 13 heavy (non-hydrogen) atoms. The molecule has 0 saturated heterocycles. The zero-order valence-corrected chi connectivity index (χ0v) is 8.59. The van der Waals surface area contributed by atoms with Gasteiger partial charge in [0.15, 0.2) is 0 Å². The first-order valence-corrected chi connectivity index (χ1v) is 4.26. The molecule has 0 radical (unpaired) electrons. The number of rotatable bonds is 4. The van der Waals surface area contributed by atoms with Crippen molar-refractivity contribution in [1.82, 2.24) is 5.32 Å². The first-order chi connectivity index (χ1) is 5.87. The SMILES string of the molecule is CC(NCC=O)C(=O)OC(C)(C)C. The van der Waals surface area contributed by atoms with Crippen LogP contribution in [-0.2, 0) is 14.3 Å². The Morgan fingerprint density at radius 2 is 2.08 bits per heavy atom. The molecule has 76 valence electrons. The van der Waals surface area contributed by atoms with Crippen molar-refractivity contribution in [2.75, 3.05) is 6.54 Å². The molecular weight excluding hydrogens is 170 g/mol. The predicted octanol–water partition coefficient (Wildman–Crippen LogP) is 0.505. The fraction of sp³-hybridized carbons (Fsp3) is 0.778. The lowest BCUT2D eigenvalue weighted by Gasteiger charge is -2.22. The van der Waals surface area contributed by atoms with Gasteiger partial charge in [-0.2, -0.15) is 0 Å². The van der Waals surface area contributed by atoms with Crippen molar-refractivity contribution in [2.45, 2.75) is 39.3 Å². The van der Waals surface area contributed by atoms with Crippen LogP contribution in [0.2, 0.25) is 0 Å². The number of ether oxygens (including phenoxy) is 1. The molecule has 0 fully saturated rings. The van der Waals surface area contributed by atoms with E-state index in [0.717, 1.165) is 0 Å². The van der Waals surface area contributed by atoms with Gasteiger partial charge in [-0.1, -0.05) is 0 Å². The van der Waals surface area contributed by atoms with Gasteiger partial charge in [0, 0.05) is 0 Å². The molecule has 0 rings (SSSR count). The summed E-state index contributed by atoms with van der Waals surface area (Å²) in [6.45, 7) is 7.24. The van der Waals surface area contributed by atoms with E-state index in [2.05, 4.69) is 5.32 Å². The van der Waals surface area contributed by atoms with Crippen LogP contribution in [0, 0.1) is 0 Å². The average Bonchev–Trinajstić information content (AvgIpc) is 1.96. The van der Waals surface area contributed by atoms with E-state index < -0.39 is 11.6 Å². The first-order valence-electron chi connectivity index (χ1n) is 4.26. The summed E-state index contributed by atoms with van der Waals surface area (Å²) in [5.74, 6) is -0.339. The number of esters is 1. The molecule has 0 amide bonds. The standard InChI is InChI=1S/C9H17NO3/c1-7(10-5-6-11)8(12)13-9(2,3)4/h6-7,10H,5H2,1-4H3. The fourth-order valence-corrected chi connectivity index (χ4v) is 0.698. The van der Waals surface area contributed by atoms with E-state index >= 15 is 0 Å². The molecule has 0 aliphatic rings. The summed E-state index contributed by atoms with van der Waals surface area (Å²) >= 11 is 0. The van der Waals surface area contributed by atoms with E-state index in [4.69, 9.17) is 4.74 Å². The van der Waals surface area contributed by atoms with Gasteiger partial charge in [0.2, 0.25) is 0 Å². The molecule has 0 spiro atoms. The second kappa shape index (κ2) is 4.97. The van der Waals surface area contributed by atoms with E-state index in [1.165, 1.54) is 0 Å². The van der Waals surface area contributed by atoms with Crippen LogP contribution in [0.15, 0.2) is 0 Å². The van der Waals surface area contributed by atoms with Gasteiger partial charge in [-0.05, 0) is 27.7 Å². The maximum atomic E-state index is 11.3. The topological polar surface area (TPSA) is 55.4 Å². The zero-order valence-electron chi connectivity index (χ0n) is 8.59. The molecule has 4 heteroatoms. The van der Waals surface area contributed by atoms with Crippen molar-refractivity contribution in [1.29, 1.82) is 0 Å². The van der Waals surface area contributed by atoms with Gasteiger partial charge in [0.25, 0.3) is 0 Å². The quantitative estimate of drug-likeness (QED) is 0.514. The molecule has 0 saturated carbocycles. The molecule has 1 atom stereocenters. The smallest absolute Gasteiger partial charge is 0.323 e. The second-order valence-corrected chi connectivity index (χ2v) is 3.83. The molecule has 0 heterocycles. The van der Waals surface area contributed by atoms with Crippen molar-refractivity contribution in [3.63, 3.8) is 0 Å². The molecule has 4 nitrogen and oxygen atoms in total. The van der Waals surface area contributed by atoms with Crippen molar-refractivity contribution >= 4 is 12.3 Å². The lowest BCUT2D eigenvalue weighted by atomic mass is 10.2. The molecular formula is C9H17NO3. The fourth-order valence-electron chi connectivity index (χ4n) is 0.698. The highest BCUT2D eigenvalue weighted by Crippen LogP contribution is 2.07. The molecule has 0 aromatic rings. The van der Waals surface area contributed by atoms with Crippen molar-refractivity contribution in [2.24, 2.45) is 0 Å². The minimum Gasteiger partial charge on any atom is -0.459 e. The largest absolute Gasteiger partial charge is 0.459 e. The van der Waals surface area contributed by atoms with Gasteiger partial charge < -0.3 is 9.53 Å². The minimum absolute atomic E-state index is 0.167. The van der Waals surface area contributed by atoms with E-state index in [9.17, 15) is 9.59 Å². The number of carbonyl (C=O) groups excluding carboxylic acids is 2. The van der Waals surface area contributed by atoms with Gasteiger partial charge >= 0.3 is 5.97 Å². The van der Waals surface area contributed by atoms with Crippen LogP contribution in [0.5, 0.6) is 0 Å². The highest BCUT2D eigenvalue weighted by molar-refractivity contribution is 5.76. The molecule has 0 aromatic carbocycles. The van der Waals surface area contributed by atoms with E-state index in [1.807, 2.05) is 0 Å². The molecule has 0 aliphatic heterocycles. The van der Waals surface area contributed by atoms with Crippen LogP contribution in [0.1, 0.15) is 27.7 Å². The summed E-state index contributed by atoms with van der Waals surface area (Å²) in [6.07, 6.45) is 0.709. The van der Waals surface area contributed by atoms with Crippen LogP contribution in [0.4, 0.5) is 0 Å². The highest BCUT2D eigenvalue weighted by Gasteiger charge is 2.20. The Hall–Kier alpha value is -0.900. The van der Waals surface area contributed by atoms with Gasteiger partial charge in [-0.15, -0.1) is 0 Å². The predicted molar refractivity (Wildman–Crippen MR) is 49.4 cm³/mol. The third-order valence-corrected chi connectivity index (χ3v) is 1.27. The Balaban J connectivity index is 3.89. The Labute approximate surface area is 78.6 Å². The maximum Gasteiger partial charge on any atom is 0.323 e. The summed E-state index contributed by atoms with van der Waals surface area (Å²) < 4.78 is 5.08. The third kappa shape index (κ3) is 6.28. The lowest BCUT2D eigenvalue weighted by Crippen LogP contribution is -2.39. The summed E-state index contributed by atoms with van der Waals surface area (Å²) in [7, 11) is 0. The summed E-state index contributed by atoms with van der Waals surface area (Å²) in [5, 5.41) is 2.71. The van der Waals surface area contributed by atoms with Crippen LogP contribution < -0.4 is 5.32 Å². The first kappa shape index (κ1) is 12.1. The Kier molecular flexibility index (Phi) is 4.62. The van der Waals surface area contributed by atoms with E-state index in [-0.39, 0.29) is 12.5 Å². The van der Waals surface area contributed by atoms with Gasteiger partial charge in [-0.25, -0.2) is 0 Å². The van der Waals surface area contributed by atoms with E-state index in [0.29, 0.717) is 6.29 Å². The Bertz CT molecular complexity index is 184. The van der Waals surface area contributed by atoms with E-state index in [1.54, 1.807) is 27.7 Å². The third-order valence-electron chi connectivity index (χ3n) is 1.27.